The predicted octanol–water partition coefficient (Wildman–Crippen LogP) is 1.96. The smallest absolute Gasteiger partial charge is 0.320 e. The van der Waals surface area contributed by atoms with Crippen LogP contribution in [0.25, 0.3) is 0 Å². The molecule has 20 heavy (non-hydrogen) atoms. The summed E-state index contributed by atoms with van der Waals surface area (Å²) in [6.45, 7) is 1.98. The molecular formula is C13H18ClNO4S. The largest absolute Gasteiger partial charge is 0.480 e. The van der Waals surface area contributed by atoms with Gasteiger partial charge in [0, 0.05) is 11.6 Å². The molecule has 0 bridgehead atoms. The number of carboxylic acid groups (broad SMARTS) is 1. The summed E-state index contributed by atoms with van der Waals surface area (Å²) in [5.41, 5.74) is 0. The minimum atomic E-state index is -3.43. The topological polar surface area (TPSA) is 83.5 Å². The lowest BCUT2D eigenvalue weighted by molar-refractivity contribution is -0.139. The number of halogens is 1. The zero-order valence-electron chi connectivity index (χ0n) is 11.2. The lowest BCUT2D eigenvalue weighted by atomic mass is 10.2. The van der Waals surface area contributed by atoms with Crippen LogP contribution in [0, 0.1) is 0 Å². The number of sulfone groups is 1. The van der Waals surface area contributed by atoms with Crippen LogP contribution in [0.15, 0.2) is 29.2 Å². The molecule has 5 nitrogen and oxygen atoms in total. The second kappa shape index (κ2) is 7.61. The van der Waals surface area contributed by atoms with E-state index in [2.05, 4.69) is 5.32 Å². The SMILES string of the molecule is CCCC(NCCS(=O)(=O)c1ccc(Cl)cc1)C(=O)O. The summed E-state index contributed by atoms with van der Waals surface area (Å²) < 4.78 is 24.0. The number of hydrogen-bond acceptors (Lipinski definition) is 4. The maximum atomic E-state index is 12.0. The van der Waals surface area contributed by atoms with E-state index in [9.17, 15) is 13.2 Å². The Labute approximate surface area is 123 Å². The van der Waals surface area contributed by atoms with Crippen LogP contribution in [0.1, 0.15) is 19.8 Å². The summed E-state index contributed by atoms with van der Waals surface area (Å²) in [5.74, 6) is -1.11. The minimum absolute atomic E-state index is 0.0991. The number of carboxylic acids is 1. The first-order valence-electron chi connectivity index (χ1n) is 6.31. The molecular weight excluding hydrogens is 302 g/mol. The molecule has 0 amide bonds. The van der Waals surface area contributed by atoms with Crippen LogP contribution in [0.4, 0.5) is 0 Å². The van der Waals surface area contributed by atoms with E-state index in [4.69, 9.17) is 16.7 Å². The van der Waals surface area contributed by atoms with Crippen molar-refractivity contribution in [2.75, 3.05) is 12.3 Å². The van der Waals surface area contributed by atoms with Gasteiger partial charge in [-0.25, -0.2) is 8.42 Å². The Morgan fingerprint density at radius 1 is 1.35 bits per heavy atom. The number of benzene rings is 1. The van der Waals surface area contributed by atoms with Crippen LogP contribution in [0.2, 0.25) is 5.02 Å². The third kappa shape index (κ3) is 5.11. The van der Waals surface area contributed by atoms with Crippen molar-refractivity contribution < 1.29 is 18.3 Å². The van der Waals surface area contributed by atoms with Crippen LogP contribution in [-0.4, -0.2) is 37.8 Å². The fraction of sp³-hybridized carbons (Fsp3) is 0.462. The third-order valence-corrected chi connectivity index (χ3v) is 4.79. The average molecular weight is 320 g/mol. The van der Waals surface area contributed by atoms with Gasteiger partial charge in [-0.3, -0.25) is 4.79 Å². The van der Waals surface area contributed by atoms with Gasteiger partial charge in [-0.1, -0.05) is 24.9 Å². The summed E-state index contributed by atoms with van der Waals surface area (Å²) in [4.78, 5) is 11.1. The summed E-state index contributed by atoms with van der Waals surface area (Å²) in [5, 5.41) is 12.2. The Morgan fingerprint density at radius 2 is 1.95 bits per heavy atom. The molecule has 0 aliphatic heterocycles. The van der Waals surface area contributed by atoms with Gasteiger partial charge in [0.25, 0.3) is 0 Å². The second-order valence-corrected chi connectivity index (χ2v) is 6.95. The molecule has 0 aliphatic rings. The normalized spacial score (nSPS) is 13.1. The van der Waals surface area contributed by atoms with Crippen LogP contribution in [0.3, 0.4) is 0 Å². The molecule has 1 aromatic rings. The van der Waals surface area contributed by atoms with Crippen LogP contribution in [0.5, 0.6) is 0 Å². The van der Waals surface area contributed by atoms with Crippen molar-refractivity contribution in [2.45, 2.75) is 30.7 Å². The Balaban J connectivity index is 2.59. The fourth-order valence-corrected chi connectivity index (χ4v) is 3.03. The first kappa shape index (κ1) is 16.9. The number of nitrogens with one attached hydrogen (secondary N) is 1. The summed E-state index contributed by atoms with van der Waals surface area (Å²) in [6.07, 6.45) is 1.18. The molecule has 0 aromatic heterocycles. The van der Waals surface area contributed by atoms with E-state index >= 15 is 0 Å². The van der Waals surface area contributed by atoms with Gasteiger partial charge in [-0.05, 0) is 30.7 Å². The van der Waals surface area contributed by atoms with Gasteiger partial charge in [-0.2, -0.15) is 0 Å². The predicted molar refractivity (Wildman–Crippen MR) is 77.8 cm³/mol. The Bertz CT molecular complexity index is 542. The highest BCUT2D eigenvalue weighted by molar-refractivity contribution is 7.91. The molecule has 0 saturated heterocycles. The standard InChI is InChI=1S/C13H18ClNO4S/c1-2-3-12(13(16)17)15-8-9-20(18,19)11-6-4-10(14)5-7-11/h4-7,12,15H,2-3,8-9H2,1H3,(H,16,17). The summed E-state index contributed by atoms with van der Waals surface area (Å²) in [7, 11) is -3.43. The van der Waals surface area contributed by atoms with Crippen molar-refractivity contribution >= 4 is 27.4 Å². The van der Waals surface area contributed by atoms with E-state index in [-0.39, 0.29) is 17.2 Å². The van der Waals surface area contributed by atoms with E-state index in [1.807, 2.05) is 6.92 Å². The second-order valence-electron chi connectivity index (χ2n) is 4.41. The summed E-state index contributed by atoms with van der Waals surface area (Å²) >= 11 is 5.70. The number of aliphatic carboxylic acids is 1. The molecule has 0 aliphatic carbocycles. The van der Waals surface area contributed by atoms with Crippen molar-refractivity contribution in [1.29, 1.82) is 0 Å². The van der Waals surface area contributed by atoms with E-state index in [0.29, 0.717) is 17.9 Å². The molecule has 1 aromatic carbocycles. The molecule has 1 atom stereocenters. The van der Waals surface area contributed by atoms with Crippen molar-refractivity contribution in [2.24, 2.45) is 0 Å². The molecule has 0 heterocycles. The van der Waals surface area contributed by atoms with Crippen molar-refractivity contribution in [3.05, 3.63) is 29.3 Å². The van der Waals surface area contributed by atoms with Crippen LogP contribution < -0.4 is 5.32 Å². The van der Waals surface area contributed by atoms with E-state index < -0.39 is 21.8 Å². The fourth-order valence-electron chi connectivity index (χ4n) is 1.73. The lowest BCUT2D eigenvalue weighted by Gasteiger charge is -2.13. The van der Waals surface area contributed by atoms with Gasteiger partial charge in [0.15, 0.2) is 9.84 Å². The van der Waals surface area contributed by atoms with E-state index in [1.54, 1.807) is 0 Å². The quantitative estimate of drug-likeness (QED) is 0.765. The number of rotatable bonds is 8. The Morgan fingerprint density at radius 3 is 2.45 bits per heavy atom. The summed E-state index contributed by atoms with van der Waals surface area (Å²) in [6, 6.07) is 5.20. The maximum Gasteiger partial charge on any atom is 0.320 e. The molecule has 112 valence electrons. The molecule has 1 rings (SSSR count). The van der Waals surface area contributed by atoms with E-state index in [0.717, 1.165) is 0 Å². The first-order chi connectivity index (χ1) is 9.36. The molecule has 2 N–H and O–H groups in total. The molecule has 1 unspecified atom stereocenters. The minimum Gasteiger partial charge on any atom is -0.480 e. The van der Waals surface area contributed by atoms with E-state index in [1.165, 1.54) is 24.3 Å². The van der Waals surface area contributed by atoms with Crippen molar-refractivity contribution in [3.63, 3.8) is 0 Å². The van der Waals surface area contributed by atoms with Gasteiger partial charge < -0.3 is 10.4 Å². The number of carbonyl (C=O) groups is 1. The average Bonchev–Trinajstić information content (AvgIpc) is 2.38. The van der Waals surface area contributed by atoms with Gasteiger partial charge >= 0.3 is 5.97 Å². The monoisotopic (exact) mass is 319 g/mol. The molecule has 0 saturated carbocycles. The zero-order valence-corrected chi connectivity index (χ0v) is 12.7. The van der Waals surface area contributed by atoms with Gasteiger partial charge in [0.05, 0.1) is 10.6 Å². The van der Waals surface area contributed by atoms with Crippen LogP contribution in [-0.2, 0) is 14.6 Å². The highest BCUT2D eigenvalue weighted by atomic mass is 35.5. The number of hydrogen-bond donors (Lipinski definition) is 2. The highest BCUT2D eigenvalue weighted by Crippen LogP contribution is 2.15. The van der Waals surface area contributed by atoms with Crippen LogP contribution >= 0.6 is 11.6 Å². The van der Waals surface area contributed by atoms with Gasteiger partial charge in [-0.15, -0.1) is 0 Å². The molecule has 7 heteroatoms. The zero-order chi connectivity index (χ0) is 15.2. The Hall–Kier alpha value is -1.11. The van der Waals surface area contributed by atoms with Crippen molar-refractivity contribution in [1.82, 2.24) is 5.32 Å². The van der Waals surface area contributed by atoms with Crippen molar-refractivity contribution in [3.8, 4) is 0 Å². The molecule has 0 spiro atoms. The third-order valence-electron chi connectivity index (χ3n) is 2.81. The highest BCUT2D eigenvalue weighted by Gasteiger charge is 2.18. The molecule has 0 radical (unpaired) electrons. The maximum absolute atomic E-state index is 12.0. The van der Waals surface area contributed by atoms with Gasteiger partial charge in [0.1, 0.15) is 6.04 Å². The Kier molecular flexibility index (Phi) is 6.45. The lowest BCUT2D eigenvalue weighted by Crippen LogP contribution is -2.39. The van der Waals surface area contributed by atoms with Gasteiger partial charge in [0.2, 0.25) is 0 Å². The first-order valence-corrected chi connectivity index (χ1v) is 8.34. The molecule has 0 fully saturated rings.